The highest BCUT2D eigenvalue weighted by Gasteiger charge is 2.44. The van der Waals surface area contributed by atoms with Crippen molar-refractivity contribution in [2.24, 2.45) is 0 Å². The van der Waals surface area contributed by atoms with Gasteiger partial charge in [0.1, 0.15) is 0 Å². The molecule has 0 aliphatic carbocycles. The van der Waals surface area contributed by atoms with Gasteiger partial charge in [-0.1, -0.05) is 23.7 Å². The summed E-state index contributed by atoms with van der Waals surface area (Å²) in [5, 5.41) is 16.1. The number of ether oxygens (including phenoxy) is 1. The second-order valence-electron chi connectivity index (χ2n) is 12.2. The number of halogens is 7. The second kappa shape index (κ2) is 16.5. The Morgan fingerprint density at radius 1 is 1.10 bits per heavy atom. The van der Waals surface area contributed by atoms with Crippen LogP contribution < -0.4 is 9.64 Å². The smallest absolute Gasteiger partial charge is 0.477 e. The van der Waals surface area contributed by atoms with Crippen LogP contribution in [-0.4, -0.2) is 107 Å². The normalized spacial score (nSPS) is 16.5. The van der Waals surface area contributed by atoms with Gasteiger partial charge < -0.3 is 24.7 Å². The number of pyridine rings is 2. The van der Waals surface area contributed by atoms with Crippen LogP contribution in [0.25, 0.3) is 11.3 Å². The predicted molar refractivity (Wildman–Crippen MR) is 177 cm³/mol. The number of nitrogens with zero attached hydrogens (tertiary/aromatic N) is 5. The Hall–Kier alpha value is -4.15. The first-order valence-electron chi connectivity index (χ1n) is 16.1. The van der Waals surface area contributed by atoms with Crippen LogP contribution in [0, 0.1) is 6.92 Å². The Labute approximate surface area is 295 Å². The third kappa shape index (κ3) is 9.40. The van der Waals surface area contributed by atoms with Crippen LogP contribution in [0.4, 0.5) is 32.0 Å². The molecule has 1 aromatic carbocycles. The lowest BCUT2D eigenvalue weighted by Gasteiger charge is -2.50. The van der Waals surface area contributed by atoms with Crippen molar-refractivity contribution in [1.82, 2.24) is 19.8 Å². The van der Waals surface area contributed by atoms with Gasteiger partial charge in [0.2, 0.25) is 12.3 Å². The Balaban J connectivity index is 0.000000755. The van der Waals surface area contributed by atoms with Crippen molar-refractivity contribution in [3.63, 3.8) is 0 Å². The van der Waals surface area contributed by atoms with E-state index in [0.717, 1.165) is 23.2 Å². The number of piperidine rings is 1. The van der Waals surface area contributed by atoms with Gasteiger partial charge in [0.15, 0.2) is 0 Å². The highest BCUT2D eigenvalue weighted by atomic mass is 35.5. The Kier molecular flexibility index (Phi) is 12.8. The fourth-order valence-electron chi connectivity index (χ4n) is 6.53. The zero-order valence-corrected chi connectivity index (χ0v) is 28.6. The number of anilines is 1. The van der Waals surface area contributed by atoms with Crippen LogP contribution in [0.15, 0.2) is 48.7 Å². The average Bonchev–Trinajstić information content (AvgIpc) is 3.05. The van der Waals surface area contributed by atoms with Crippen molar-refractivity contribution in [1.29, 1.82) is 0 Å². The molecule has 4 heterocycles. The maximum atomic E-state index is 14.0. The first kappa shape index (κ1) is 39.6. The summed E-state index contributed by atoms with van der Waals surface area (Å²) < 4.78 is 79.5. The molecule has 17 heteroatoms. The summed E-state index contributed by atoms with van der Waals surface area (Å²) in [7, 11) is 0. The van der Waals surface area contributed by atoms with E-state index in [1.165, 1.54) is 12.1 Å². The minimum absolute atomic E-state index is 0.00426. The molecule has 2 saturated heterocycles. The molecule has 0 atom stereocenters. The number of likely N-dealkylation sites (tertiary alicyclic amines) is 1. The highest BCUT2D eigenvalue weighted by Crippen LogP contribution is 2.45. The zero-order valence-electron chi connectivity index (χ0n) is 27.8. The lowest BCUT2D eigenvalue weighted by atomic mass is 9.71. The number of carbonyl (C=O) groups excluding carboxylic acids is 1. The molecule has 0 spiro atoms. The van der Waals surface area contributed by atoms with Crippen LogP contribution in [0.1, 0.15) is 36.6 Å². The van der Waals surface area contributed by atoms with Gasteiger partial charge in [-0.2, -0.15) is 26.3 Å². The number of carbonyl (C=O) groups is 2. The highest BCUT2D eigenvalue weighted by molar-refractivity contribution is 6.31. The van der Waals surface area contributed by atoms with E-state index in [-0.39, 0.29) is 23.4 Å². The SMILES string of the molecule is CCOc1ncccc1-c1ccc(C2(CN(C=O)C3CN(CCO)C3)CCN(c3cccc(Cl)c3C(F)(F)F)CC2)c(C)n1.O=C(O)C(F)(F)F. The van der Waals surface area contributed by atoms with E-state index < -0.39 is 29.3 Å². The number of hydrogen-bond donors (Lipinski definition) is 2. The van der Waals surface area contributed by atoms with Crippen molar-refractivity contribution in [2.75, 3.05) is 57.4 Å². The van der Waals surface area contributed by atoms with Crippen molar-refractivity contribution >= 4 is 29.7 Å². The van der Waals surface area contributed by atoms with Crippen molar-refractivity contribution in [2.45, 2.75) is 50.5 Å². The minimum atomic E-state index is -5.08. The topological polar surface area (TPSA) is 119 Å². The van der Waals surface area contributed by atoms with Gasteiger partial charge in [-0.25, -0.2) is 9.78 Å². The van der Waals surface area contributed by atoms with Crippen LogP contribution in [-0.2, 0) is 21.2 Å². The van der Waals surface area contributed by atoms with Crippen molar-refractivity contribution in [3.05, 3.63) is 70.5 Å². The molecule has 2 fully saturated rings. The molecular weight excluding hydrogens is 708 g/mol. The van der Waals surface area contributed by atoms with E-state index in [1.54, 1.807) is 17.2 Å². The van der Waals surface area contributed by atoms with E-state index in [9.17, 15) is 36.2 Å². The fourth-order valence-corrected chi connectivity index (χ4v) is 6.81. The molecule has 0 radical (unpaired) electrons. The van der Waals surface area contributed by atoms with Crippen molar-refractivity contribution in [3.8, 4) is 17.1 Å². The largest absolute Gasteiger partial charge is 0.490 e. The first-order valence-corrected chi connectivity index (χ1v) is 16.4. The van der Waals surface area contributed by atoms with Crippen LogP contribution in [0.5, 0.6) is 5.88 Å². The maximum absolute atomic E-state index is 14.0. The minimum Gasteiger partial charge on any atom is -0.477 e. The van der Waals surface area contributed by atoms with Gasteiger partial charge in [-0.3, -0.25) is 14.7 Å². The van der Waals surface area contributed by atoms with Gasteiger partial charge in [-0.15, -0.1) is 0 Å². The third-order valence-electron chi connectivity index (χ3n) is 9.01. The molecule has 1 amide bonds. The van der Waals surface area contributed by atoms with E-state index >= 15 is 0 Å². The van der Waals surface area contributed by atoms with Gasteiger partial charge in [-0.05, 0) is 62.6 Å². The van der Waals surface area contributed by atoms with E-state index in [1.807, 2.05) is 43.0 Å². The number of aromatic nitrogens is 2. The molecule has 3 aromatic rings. The lowest BCUT2D eigenvalue weighted by Crippen LogP contribution is -2.62. The predicted octanol–water partition coefficient (Wildman–Crippen LogP) is 5.83. The number of amides is 1. The van der Waals surface area contributed by atoms with E-state index in [4.69, 9.17) is 31.2 Å². The molecule has 5 rings (SSSR count). The Morgan fingerprint density at radius 2 is 1.76 bits per heavy atom. The molecule has 2 aliphatic heterocycles. The number of aliphatic hydroxyl groups is 1. The van der Waals surface area contributed by atoms with Gasteiger partial charge >= 0.3 is 18.3 Å². The standard InChI is InChI=1S/C32H37ClF3N5O3.C2HF3O2/c1-3-44-30-24(6-5-13-37-30)27-10-9-25(22(2)38-27)31(20-41(21-43)23-18-39(19-23)16-17-42)11-14-40(15-12-31)28-8-4-7-26(33)29(28)32(34,35)36;3-2(4,5)1(6)7/h4-10,13,21,23,42H,3,11-12,14-20H2,1-2H3;(H,6,7). The monoisotopic (exact) mass is 745 g/mol. The number of benzene rings is 1. The molecule has 2 aromatic heterocycles. The van der Waals surface area contributed by atoms with Crippen LogP contribution >= 0.6 is 11.6 Å². The third-order valence-corrected chi connectivity index (χ3v) is 9.32. The van der Waals surface area contributed by atoms with Gasteiger partial charge in [0.25, 0.3) is 0 Å². The summed E-state index contributed by atoms with van der Waals surface area (Å²) in [6.45, 7) is 7.30. The maximum Gasteiger partial charge on any atom is 0.490 e. The molecule has 2 aliphatic rings. The van der Waals surface area contributed by atoms with Crippen LogP contribution in [0.3, 0.4) is 0 Å². The first-order chi connectivity index (χ1) is 24.0. The number of β-amino-alcohol motifs (C(OH)–C–C–N with tert-alkyl or cyclic N) is 1. The fraction of sp³-hybridized carbons (Fsp3) is 0.471. The molecular formula is C34H38ClF6N5O5. The molecule has 0 saturated carbocycles. The molecule has 51 heavy (non-hydrogen) atoms. The summed E-state index contributed by atoms with van der Waals surface area (Å²) in [5.74, 6) is -2.27. The van der Waals surface area contributed by atoms with Crippen molar-refractivity contribution < 1.29 is 50.9 Å². The van der Waals surface area contributed by atoms with E-state index in [2.05, 4.69) is 9.88 Å². The number of aliphatic carboxylic acids is 1. The number of hydrogen-bond acceptors (Lipinski definition) is 8. The number of aliphatic hydroxyl groups excluding tert-OH is 1. The Bertz CT molecular complexity index is 1660. The molecule has 0 unspecified atom stereocenters. The number of rotatable bonds is 11. The molecule has 2 N–H and O–H groups in total. The van der Waals surface area contributed by atoms with E-state index in [0.29, 0.717) is 70.3 Å². The molecule has 0 bridgehead atoms. The lowest BCUT2D eigenvalue weighted by molar-refractivity contribution is -0.192. The molecule has 10 nitrogen and oxygen atoms in total. The summed E-state index contributed by atoms with van der Waals surface area (Å²) in [4.78, 5) is 36.3. The molecule has 278 valence electrons. The Morgan fingerprint density at radius 3 is 2.31 bits per heavy atom. The average molecular weight is 746 g/mol. The van der Waals surface area contributed by atoms with Gasteiger partial charge in [0, 0.05) is 56.6 Å². The quantitative estimate of drug-likeness (QED) is 0.185. The summed E-state index contributed by atoms with van der Waals surface area (Å²) in [6, 6.07) is 11.9. The zero-order chi connectivity index (χ0) is 37.6. The number of aryl methyl sites for hydroxylation is 1. The number of carboxylic acids is 1. The summed E-state index contributed by atoms with van der Waals surface area (Å²) in [6.07, 6.45) is -6.13. The number of carboxylic acid groups (broad SMARTS) is 1. The summed E-state index contributed by atoms with van der Waals surface area (Å²) >= 11 is 6.05. The van der Waals surface area contributed by atoms with Gasteiger partial charge in [0.05, 0.1) is 46.8 Å². The number of alkyl halides is 6. The second-order valence-corrected chi connectivity index (χ2v) is 12.6. The van der Waals surface area contributed by atoms with Crippen LogP contribution in [0.2, 0.25) is 5.02 Å². The summed E-state index contributed by atoms with van der Waals surface area (Å²) in [5.41, 5.74) is 1.90.